The number of nitrogens with one attached hydrogen (secondary N) is 1. The average molecular weight is 304 g/mol. The Labute approximate surface area is 112 Å². The number of hydrogen-bond acceptors (Lipinski definition) is 2. The van der Waals surface area contributed by atoms with Gasteiger partial charge in [-0.25, -0.2) is 0 Å². The van der Waals surface area contributed by atoms with E-state index in [-0.39, 0.29) is 0 Å². The number of likely N-dealkylation sites (N-methyl/N-ethyl adjacent to an activating group) is 1. The summed E-state index contributed by atoms with van der Waals surface area (Å²) in [4.78, 5) is 1.47. The highest BCUT2D eigenvalue weighted by atomic mass is 79.9. The maximum absolute atomic E-state index is 3.62. The van der Waals surface area contributed by atoms with Crippen molar-refractivity contribution in [3.05, 3.63) is 20.8 Å². The zero-order chi connectivity index (χ0) is 12.0. The Balaban J connectivity index is 2.56. The van der Waals surface area contributed by atoms with Crippen molar-refractivity contribution in [2.75, 3.05) is 6.54 Å². The van der Waals surface area contributed by atoms with E-state index in [0.717, 1.165) is 18.9 Å². The lowest BCUT2D eigenvalue weighted by atomic mass is 9.94. The molecule has 0 fully saturated rings. The van der Waals surface area contributed by atoms with Gasteiger partial charge in [-0.1, -0.05) is 27.2 Å². The van der Waals surface area contributed by atoms with Crippen LogP contribution in [0, 0.1) is 5.92 Å². The number of rotatable bonds is 7. The molecule has 0 saturated carbocycles. The largest absolute Gasteiger partial charge is 0.314 e. The van der Waals surface area contributed by atoms with Gasteiger partial charge in [0.25, 0.3) is 0 Å². The van der Waals surface area contributed by atoms with E-state index in [9.17, 15) is 0 Å². The fourth-order valence-corrected chi connectivity index (χ4v) is 3.61. The normalized spacial score (nSPS) is 15.0. The molecule has 1 heterocycles. The molecule has 0 amide bonds. The Morgan fingerprint density at radius 1 is 1.38 bits per heavy atom. The molecule has 1 aromatic rings. The molecule has 0 aromatic carbocycles. The molecule has 0 spiro atoms. The highest BCUT2D eigenvalue weighted by Gasteiger charge is 2.16. The van der Waals surface area contributed by atoms with Gasteiger partial charge < -0.3 is 5.32 Å². The minimum absolute atomic E-state index is 0.621. The fourth-order valence-electron chi connectivity index (χ4n) is 2.07. The standard InChI is InChI=1S/C13H22BrNS/c1-4-6-10(3)12(15-5-2)9-11-7-8-13(14)16-11/h7-8,10,12,15H,4-6,9H2,1-3H3. The molecule has 16 heavy (non-hydrogen) atoms. The van der Waals surface area contributed by atoms with Crippen molar-refractivity contribution < 1.29 is 0 Å². The summed E-state index contributed by atoms with van der Waals surface area (Å²) in [5, 5.41) is 3.62. The summed E-state index contributed by atoms with van der Waals surface area (Å²) < 4.78 is 1.24. The number of halogens is 1. The molecule has 0 bridgehead atoms. The van der Waals surface area contributed by atoms with Crippen molar-refractivity contribution in [1.82, 2.24) is 5.32 Å². The maximum atomic E-state index is 3.62. The molecule has 0 radical (unpaired) electrons. The second-order valence-electron chi connectivity index (χ2n) is 4.34. The highest BCUT2D eigenvalue weighted by molar-refractivity contribution is 9.11. The van der Waals surface area contributed by atoms with Gasteiger partial charge in [-0.3, -0.25) is 0 Å². The Morgan fingerprint density at radius 2 is 2.12 bits per heavy atom. The maximum Gasteiger partial charge on any atom is 0.0701 e. The Kier molecular flexibility index (Phi) is 6.62. The molecule has 92 valence electrons. The van der Waals surface area contributed by atoms with Crippen LogP contribution in [-0.2, 0) is 6.42 Å². The molecule has 1 N–H and O–H groups in total. The first-order valence-electron chi connectivity index (χ1n) is 6.15. The zero-order valence-corrected chi connectivity index (χ0v) is 12.8. The summed E-state index contributed by atoms with van der Waals surface area (Å²) in [7, 11) is 0. The van der Waals surface area contributed by atoms with Gasteiger partial charge in [0.15, 0.2) is 0 Å². The lowest BCUT2D eigenvalue weighted by molar-refractivity contribution is 0.359. The Bertz CT molecular complexity index is 298. The van der Waals surface area contributed by atoms with Gasteiger partial charge in [0.05, 0.1) is 3.79 Å². The third-order valence-corrected chi connectivity index (χ3v) is 4.59. The SMILES string of the molecule is CCCC(C)C(Cc1ccc(Br)s1)NCC. The summed E-state index contributed by atoms with van der Waals surface area (Å²) in [6.07, 6.45) is 3.74. The highest BCUT2D eigenvalue weighted by Crippen LogP contribution is 2.25. The van der Waals surface area contributed by atoms with E-state index in [0.29, 0.717) is 6.04 Å². The molecular formula is C13H22BrNS. The predicted octanol–water partition coefficient (Wildman–Crippen LogP) is 4.47. The molecule has 1 rings (SSSR count). The summed E-state index contributed by atoms with van der Waals surface area (Å²) in [6.45, 7) is 7.88. The summed E-state index contributed by atoms with van der Waals surface area (Å²) in [5.41, 5.74) is 0. The van der Waals surface area contributed by atoms with Crippen LogP contribution in [0.25, 0.3) is 0 Å². The van der Waals surface area contributed by atoms with Crippen LogP contribution in [0.4, 0.5) is 0 Å². The second-order valence-corrected chi connectivity index (χ2v) is 6.89. The van der Waals surface area contributed by atoms with Gasteiger partial charge in [0.2, 0.25) is 0 Å². The van der Waals surface area contributed by atoms with Crippen LogP contribution in [0.3, 0.4) is 0 Å². The molecule has 0 saturated heterocycles. The smallest absolute Gasteiger partial charge is 0.0701 e. The van der Waals surface area contributed by atoms with Crippen LogP contribution < -0.4 is 5.32 Å². The van der Waals surface area contributed by atoms with Gasteiger partial charge in [-0.15, -0.1) is 11.3 Å². The first kappa shape index (κ1) is 14.2. The van der Waals surface area contributed by atoms with E-state index < -0.39 is 0 Å². The van der Waals surface area contributed by atoms with Crippen LogP contribution in [0.5, 0.6) is 0 Å². The van der Waals surface area contributed by atoms with Crippen molar-refractivity contribution >= 4 is 27.3 Å². The van der Waals surface area contributed by atoms with Crippen molar-refractivity contribution in [2.45, 2.75) is 46.1 Å². The monoisotopic (exact) mass is 303 g/mol. The lowest BCUT2D eigenvalue weighted by Crippen LogP contribution is -2.36. The van der Waals surface area contributed by atoms with E-state index >= 15 is 0 Å². The first-order valence-corrected chi connectivity index (χ1v) is 7.75. The average Bonchev–Trinajstić information content (AvgIpc) is 2.64. The van der Waals surface area contributed by atoms with E-state index in [1.54, 1.807) is 0 Å². The second kappa shape index (κ2) is 7.46. The molecule has 0 aliphatic rings. The summed E-state index contributed by atoms with van der Waals surface area (Å²) in [6, 6.07) is 5.00. The van der Waals surface area contributed by atoms with E-state index in [1.165, 1.54) is 21.5 Å². The molecular weight excluding hydrogens is 282 g/mol. The van der Waals surface area contributed by atoms with Crippen LogP contribution in [0.1, 0.15) is 38.5 Å². The molecule has 0 aliphatic carbocycles. The van der Waals surface area contributed by atoms with E-state index in [2.05, 4.69) is 54.2 Å². The molecule has 0 aliphatic heterocycles. The fraction of sp³-hybridized carbons (Fsp3) is 0.692. The van der Waals surface area contributed by atoms with E-state index in [1.807, 2.05) is 11.3 Å². The minimum atomic E-state index is 0.621. The number of thiophene rings is 1. The first-order chi connectivity index (χ1) is 7.67. The van der Waals surface area contributed by atoms with Crippen LogP contribution >= 0.6 is 27.3 Å². The van der Waals surface area contributed by atoms with Gasteiger partial charge >= 0.3 is 0 Å². The molecule has 2 atom stereocenters. The Morgan fingerprint density at radius 3 is 2.62 bits per heavy atom. The van der Waals surface area contributed by atoms with Gasteiger partial charge in [-0.2, -0.15) is 0 Å². The van der Waals surface area contributed by atoms with Gasteiger partial charge in [0, 0.05) is 10.9 Å². The quantitative estimate of drug-likeness (QED) is 0.784. The third kappa shape index (κ3) is 4.56. The third-order valence-electron chi connectivity index (χ3n) is 2.95. The van der Waals surface area contributed by atoms with E-state index in [4.69, 9.17) is 0 Å². The molecule has 1 aromatic heterocycles. The van der Waals surface area contributed by atoms with Crippen molar-refractivity contribution in [1.29, 1.82) is 0 Å². The van der Waals surface area contributed by atoms with Gasteiger partial charge in [-0.05, 0) is 53.4 Å². The Hall–Kier alpha value is 0.140. The van der Waals surface area contributed by atoms with Crippen molar-refractivity contribution in [3.8, 4) is 0 Å². The van der Waals surface area contributed by atoms with Crippen molar-refractivity contribution in [2.24, 2.45) is 5.92 Å². The topological polar surface area (TPSA) is 12.0 Å². The molecule has 2 unspecified atom stereocenters. The lowest BCUT2D eigenvalue weighted by Gasteiger charge is -2.24. The number of hydrogen-bond donors (Lipinski definition) is 1. The van der Waals surface area contributed by atoms with Crippen LogP contribution in [0.2, 0.25) is 0 Å². The predicted molar refractivity (Wildman–Crippen MR) is 77.3 cm³/mol. The minimum Gasteiger partial charge on any atom is -0.314 e. The summed E-state index contributed by atoms with van der Waals surface area (Å²) in [5.74, 6) is 0.755. The molecule has 1 nitrogen and oxygen atoms in total. The van der Waals surface area contributed by atoms with Gasteiger partial charge in [0.1, 0.15) is 0 Å². The van der Waals surface area contributed by atoms with Crippen LogP contribution in [0.15, 0.2) is 15.9 Å². The molecule has 3 heteroatoms. The zero-order valence-electron chi connectivity index (χ0n) is 10.4. The summed E-state index contributed by atoms with van der Waals surface area (Å²) >= 11 is 5.38. The van der Waals surface area contributed by atoms with Crippen LogP contribution in [-0.4, -0.2) is 12.6 Å². The van der Waals surface area contributed by atoms with Crippen molar-refractivity contribution in [3.63, 3.8) is 0 Å².